The summed E-state index contributed by atoms with van der Waals surface area (Å²) in [5.41, 5.74) is 0.965. The number of pyridine rings is 1. The van der Waals surface area contributed by atoms with Crippen molar-refractivity contribution in [3.63, 3.8) is 0 Å². The van der Waals surface area contributed by atoms with E-state index >= 15 is 0 Å². The minimum Gasteiger partial charge on any atom is -0.336 e. The lowest BCUT2D eigenvalue weighted by molar-refractivity contribution is 0.924. The first-order valence-electron chi connectivity index (χ1n) is 4.65. The highest BCUT2D eigenvalue weighted by Crippen LogP contribution is 2.12. The topological polar surface area (TPSA) is 91.1 Å². The van der Waals surface area contributed by atoms with E-state index in [2.05, 4.69) is 15.1 Å². The number of aromatic nitrogens is 5. The molecule has 0 radical (unpaired) electrons. The van der Waals surface area contributed by atoms with Gasteiger partial charge in [0.2, 0.25) is 0 Å². The third-order valence-electron chi connectivity index (χ3n) is 2.48. The van der Waals surface area contributed by atoms with Crippen LogP contribution in [0.3, 0.4) is 0 Å². The number of hydrogen-bond donors (Lipinski definition) is 1. The van der Waals surface area contributed by atoms with Crippen molar-refractivity contribution in [2.45, 2.75) is 6.92 Å². The Morgan fingerprint density at radius 2 is 2.25 bits per heavy atom. The van der Waals surface area contributed by atoms with Crippen molar-refractivity contribution < 1.29 is 0 Å². The summed E-state index contributed by atoms with van der Waals surface area (Å²) in [5.74, 6) is 5.98. The van der Waals surface area contributed by atoms with Gasteiger partial charge in [-0.1, -0.05) is 0 Å². The summed E-state index contributed by atoms with van der Waals surface area (Å²) >= 11 is 0. The normalized spacial score (nSPS) is 11.3. The molecule has 0 aliphatic rings. The molecule has 16 heavy (non-hydrogen) atoms. The van der Waals surface area contributed by atoms with Gasteiger partial charge in [0, 0.05) is 6.20 Å². The number of nitrogen functional groups attached to an aromatic ring is 1. The van der Waals surface area contributed by atoms with E-state index in [1.165, 1.54) is 17.0 Å². The van der Waals surface area contributed by atoms with Crippen molar-refractivity contribution in [3.8, 4) is 0 Å². The Labute approximate surface area is 89.1 Å². The molecule has 3 heterocycles. The van der Waals surface area contributed by atoms with Crippen LogP contribution in [0, 0.1) is 6.92 Å². The molecule has 0 spiro atoms. The van der Waals surface area contributed by atoms with Crippen molar-refractivity contribution in [1.82, 2.24) is 24.3 Å². The first-order chi connectivity index (χ1) is 7.68. The summed E-state index contributed by atoms with van der Waals surface area (Å²) in [4.78, 5) is 20.0. The standard InChI is InChI=1S/C9H8N6O/c1-5-7-6(2-3-14(10)8(7)16)15-9(13-5)11-4-12-15/h2-4H,10H2,1H3. The summed E-state index contributed by atoms with van der Waals surface area (Å²) in [7, 11) is 0. The first-order valence-corrected chi connectivity index (χ1v) is 4.65. The lowest BCUT2D eigenvalue weighted by Gasteiger charge is -2.04. The molecule has 0 aliphatic carbocycles. The van der Waals surface area contributed by atoms with Crippen molar-refractivity contribution in [3.05, 3.63) is 34.6 Å². The average molecular weight is 216 g/mol. The molecule has 0 aliphatic heterocycles. The zero-order chi connectivity index (χ0) is 11.3. The second kappa shape index (κ2) is 2.78. The van der Waals surface area contributed by atoms with E-state index in [1.807, 2.05) is 0 Å². The van der Waals surface area contributed by atoms with Crippen molar-refractivity contribution in [2.24, 2.45) is 0 Å². The first kappa shape index (κ1) is 8.84. The molecule has 3 aromatic rings. The van der Waals surface area contributed by atoms with Crippen LogP contribution >= 0.6 is 0 Å². The van der Waals surface area contributed by atoms with Gasteiger partial charge in [-0.05, 0) is 13.0 Å². The molecule has 0 fully saturated rings. The molecular formula is C9H8N6O. The van der Waals surface area contributed by atoms with E-state index in [0.29, 0.717) is 22.4 Å². The number of rotatable bonds is 0. The van der Waals surface area contributed by atoms with Crippen LogP contribution in [0.1, 0.15) is 5.69 Å². The van der Waals surface area contributed by atoms with Crippen LogP contribution in [0.2, 0.25) is 0 Å². The highest BCUT2D eigenvalue weighted by atomic mass is 16.1. The van der Waals surface area contributed by atoms with Gasteiger partial charge in [-0.15, -0.1) is 0 Å². The summed E-state index contributed by atoms with van der Waals surface area (Å²) in [6.07, 6.45) is 2.89. The number of aryl methyl sites for hydroxylation is 1. The third-order valence-corrected chi connectivity index (χ3v) is 2.48. The van der Waals surface area contributed by atoms with Crippen LogP contribution < -0.4 is 11.4 Å². The summed E-state index contributed by atoms with van der Waals surface area (Å²) in [5, 5.41) is 4.47. The fourth-order valence-electron chi connectivity index (χ4n) is 1.74. The highest BCUT2D eigenvalue weighted by molar-refractivity contribution is 5.81. The van der Waals surface area contributed by atoms with Crippen LogP contribution in [0.15, 0.2) is 23.4 Å². The third kappa shape index (κ3) is 0.964. The summed E-state index contributed by atoms with van der Waals surface area (Å²) in [6, 6.07) is 1.72. The lowest BCUT2D eigenvalue weighted by Crippen LogP contribution is -2.27. The Kier molecular flexibility index (Phi) is 1.54. The van der Waals surface area contributed by atoms with E-state index in [4.69, 9.17) is 5.84 Å². The molecule has 3 aromatic heterocycles. The molecule has 0 atom stereocenters. The van der Waals surface area contributed by atoms with Crippen LogP contribution in [-0.4, -0.2) is 24.3 Å². The maximum absolute atomic E-state index is 11.9. The van der Waals surface area contributed by atoms with Gasteiger partial charge in [-0.3, -0.25) is 4.79 Å². The van der Waals surface area contributed by atoms with Gasteiger partial charge in [-0.2, -0.15) is 14.6 Å². The zero-order valence-electron chi connectivity index (χ0n) is 8.45. The molecule has 0 saturated carbocycles. The quantitative estimate of drug-likeness (QED) is 0.509. The van der Waals surface area contributed by atoms with Crippen LogP contribution in [0.5, 0.6) is 0 Å². The maximum atomic E-state index is 11.9. The Bertz CT molecular complexity index is 756. The van der Waals surface area contributed by atoms with Gasteiger partial charge < -0.3 is 5.84 Å². The van der Waals surface area contributed by atoms with E-state index < -0.39 is 0 Å². The number of nitrogens with zero attached hydrogens (tertiary/aromatic N) is 5. The van der Waals surface area contributed by atoms with Crippen molar-refractivity contribution in [1.29, 1.82) is 0 Å². The maximum Gasteiger partial charge on any atom is 0.279 e. The van der Waals surface area contributed by atoms with E-state index in [0.717, 1.165) is 4.68 Å². The van der Waals surface area contributed by atoms with Crippen LogP contribution in [0.4, 0.5) is 0 Å². The molecule has 2 N–H and O–H groups in total. The SMILES string of the molecule is Cc1nc2ncnn2c2ccn(N)c(=O)c12. The minimum absolute atomic E-state index is 0.292. The molecule has 7 nitrogen and oxygen atoms in total. The highest BCUT2D eigenvalue weighted by Gasteiger charge is 2.10. The molecule has 0 amide bonds. The summed E-state index contributed by atoms with van der Waals surface area (Å²) in [6.45, 7) is 1.75. The predicted octanol–water partition coefficient (Wildman–Crippen LogP) is -0.539. The smallest absolute Gasteiger partial charge is 0.279 e. The number of hydrogen-bond acceptors (Lipinski definition) is 5. The van der Waals surface area contributed by atoms with Crippen molar-refractivity contribution in [2.75, 3.05) is 5.84 Å². The van der Waals surface area contributed by atoms with Crippen molar-refractivity contribution >= 4 is 16.7 Å². The lowest BCUT2D eigenvalue weighted by atomic mass is 10.2. The Morgan fingerprint density at radius 3 is 3.06 bits per heavy atom. The molecule has 80 valence electrons. The Hall–Kier alpha value is -2.44. The molecule has 7 heteroatoms. The molecule has 0 saturated heterocycles. The van der Waals surface area contributed by atoms with E-state index in [-0.39, 0.29) is 5.56 Å². The van der Waals surface area contributed by atoms with Gasteiger partial charge in [0.15, 0.2) is 0 Å². The van der Waals surface area contributed by atoms with Crippen LogP contribution in [0.25, 0.3) is 16.7 Å². The number of fused-ring (bicyclic) bond motifs is 3. The van der Waals surface area contributed by atoms with Gasteiger partial charge in [0.05, 0.1) is 16.6 Å². The van der Waals surface area contributed by atoms with E-state index in [1.54, 1.807) is 13.0 Å². The molecule has 3 rings (SSSR count). The minimum atomic E-state index is -0.292. The summed E-state index contributed by atoms with van der Waals surface area (Å²) < 4.78 is 2.55. The zero-order valence-corrected chi connectivity index (χ0v) is 8.45. The van der Waals surface area contributed by atoms with Gasteiger partial charge in [-0.25, -0.2) is 9.66 Å². The van der Waals surface area contributed by atoms with Gasteiger partial charge in [0.25, 0.3) is 11.3 Å². The second-order valence-corrected chi connectivity index (χ2v) is 3.46. The second-order valence-electron chi connectivity index (χ2n) is 3.46. The molecule has 0 bridgehead atoms. The molecular weight excluding hydrogens is 208 g/mol. The number of nitrogens with two attached hydrogens (primary N) is 1. The van der Waals surface area contributed by atoms with Crippen LogP contribution in [-0.2, 0) is 0 Å². The van der Waals surface area contributed by atoms with Gasteiger partial charge in [0.1, 0.15) is 6.33 Å². The Morgan fingerprint density at radius 1 is 1.44 bits per heavy atom. The fraction of sp³-hybridized carbons (Fsp3) is 0.111. The predicted molar refractivity (Wildman–Crippen MR) is 57.4 cm³/mol. The fourth-order valence-corrected chi connectivity index (χ4v) is 1.74. The average Bonchev–Trinajstić information content (AvgIpc) is 2.70. The largest absolute Gasteiger partial charge is 0.336 e. The molecule has 0 unspecified atom stereocenters. The van der Waals surface area contributed by atoms with Gasteiger partial charge >= 0.3 is 0 Å². The molecule has 0 aromatic carbocycles. The van der Waals surface area contributed by atoms with E-state index in [9.17, 15) is 4.79 Å². The Balaban J connectivity index is 2.71. The monoisotopic (exact) mass is 216 g/mol.